The summed E-state index contributed by atoms with van der Waals surface area (Å²) in [5.74, 6) is 0. The second kappa shape index (κ2) is 5.03. The minimum absolute atomic E-state index is 0.0940. The molecular weight excluding hydrogens is 302 g/mol. The van der Waals surface area contributed by atoms with Gasteiger partial charge in [-0.2, -0.15) is 0 Å². The second-order valence-corrected chi connectivity index (χ2v) is 6.43. The molecule has 1 saturated carbocycles. The average molecular weight is 319 g/mol. The fourth-order valence-electron chi connectivity index (χ4n) is 3.71. The maximum atomic E-state index is 11.4. The molecule has 1 N–H and O–H groups in total. The molecule has 120 valence electrons. The number of aromatic nitrogens is 1. The van der Waals surface area contributed by atoms with Crippen LogP contribution in [-0.4, -0.2) is 9.91 Å². The number of nitrogens with zero attached hydrogens (tertiary/aromatic N) is 2. The molecule has 0 amide bonds. The fraction of sp³-hybridized carbons (Fsp3) is 0.211. The van der Waals surface area contributed by atoms with Crippen molar-refractivity contribution < 1.29 is 4.92 Å². The Balaban J connectivity index is 1.92. The van der Waals surface area contributed by atoms with Gasteiger partial charge in [-0.3, -0.25) is 15.1 Å². The van der Waals surface area contributed by atoms with E-state index in [1.165, 1.54) is 0 Å². The van der Waals surface area contributed by atoms with Crippen LogP contribution in [0.15, 0.2) is 55.5 Å². The molecule has 1 aliphatic heterocycles. The van der Waals surface area contributed by atoms with Gasteiger partial charge in [-0.15, -0.1) is 0 Å². The van der Waals surface area contributed by atoms with Crippen LogP contribution in [0.25, 0.3) is 5.57 Å². The predicted octanol–water partition coefficient (Wildman–Crippen LogP) is 4.41. The molecule has 1 spiro atoms. The van der Waals surface area contributed by atoms with Gasteiger partial charge in [0.25, 0.3) is 5.69 Å². The van der Waals surface area contributed by atoms with Gasteiger partial charge in [0.05, 0.1) is 10.6 Å². The van der Waals surface area contributed by atoms with Crippen LogP contribution >= 0.6 is 0 Å². The highest BCUT2D eigenvalue weighted by molar-refractivity contribution is 5.90. The van der Waals surface area contributed by atoms with Crippen molar-refractivity contribution in [3.8, 4) is 0 Å². The van der Waals surface area contributed by atoms with Crippen LogP contribution in [0, 0.1) is 10.1 Å². The van der Waals surface area contributed by atoms with Gasteiger partial charge < -0.3 is 5.32 Å². The second-order valence-electron chi connectivity index (χ2n) is 6.43. The Morgan fingerprint density at radius 1 is 1.38 bits per heavy atom. The zero-order valence-electron chi connectivity index (χ0n) is 13.2. The Labute approximate surface area is 139 Å². The third-order valence-electron chi connectivity index (χ3n) is 5.25. The van der Waals surface area contributed by atoms with Crippen molar-refractivity contribution in [1.82, 2.24) is 4.98 Å². The van der Waals surface area contributed by atoms with E-state index >= 15 is 0 Å². The molecule has 0 saturated heterocycles. The lowest BCUT2D eigenvalue weighted by Gasteiger charge is -2.39. The van der Waals surface area contributed by atoms with Crippen molar-refractivity contribution in [1.29, 1.82) is 0 Å². The molecule has 5 nitrogen and oxygen atoms in total. The number of non-ortho nitro benzene ring substituents is 1. The van der Waals surface area contributed by atoms with Gasteiger partial charge in [0.2, 0.25) is 0 Å². The van der Waals surface area contributed by atoms with Crippen LogP contribution in [0.4, 0.5) is 11.4 Å². The third-order valence-corrected chi connectivity index (χ3v) is 5.25. The normalized spacial score (nSPS) is 17.1. The Kier molecular flexibility index (Phi) is 3.06. The molecule has 1 aromatic heterocycles. The molecule has 2 heterocycles. The maximum Gasteiger partial charge on any atom is 0.270 e. The number of hydrogen-bond acceptors (Lipinski definition) is 4. The summed E-state index contributed by atoms with van der Waals surface area (Å²) in [7, 11) is 0. The number of fused-ring (bicyclic) bond motifs is 2. The van der Waals surface area contributed by atoms with Crippen molar-refractivity contribution in [3.63, 3.8) is 0 Å². The number of allylic oxidation sites excluding steroid dienone is 1. The Bertz CT molecular complexity index is 883. The topological polar surface area (TPSA) is 68.1 Å². The van der Waals surface area contributed by atoms with Crippen LogP contribution in [0.2, 0.25) is 0 Å². The predicted molar refractivity (Wildman–Crippen MR) is 93.8 cm³/mol. The molecule has 2 aliphatic rings. The van der Waals surface area contributed by atoms with E-state index in [4.69, 9.17) is 0 Å². The summed E-state index contributed by atoms with van der Waals surface area (Å²) >= 11 is 0. The van der Waals surface area contributed by atoms with Crippen molar-refractivity contribution in [2.45, 2.75) is 24.7 Å². The number of pyridine rings is 1. The van der Waals surface area contributed by atoms with E-state index in [1.807, 2.05) is 12.1 Å². The summed E-state index contributed by atoms with van der Waals surface area (Å²) in [4.78, 5) is 15.2. The lowest BCUT2D eigenvalue weighted by molar-refractivity contribution is -0.385. The van der Waals surface area contributed by atoms with Gasteiger partial charge in [0.1, 0.15) is 0 Å². The molecule has 0 unspecified atom stereocenters. The summed E-state index contributed by atoms with van der Waals surface area (Å²) < 4.78 is 0. The van der Waals surface area contributed by atoms with E-state index in [2.05, 4.69) is 23.5 Å². The summed E-state index contributed by atoms with van der Waals surface area (Å²) in [5.41, 5.74) is 5.07. The van der Waals surface area contributed by atoms with E-state index < -0.39 is 0 Å². The summed E-state index contributed by atoms with van der Waals surface area (Å²) in [6, 6.07) is 7.02. The fourth-order valence-corrected chi connectivity index (χ4v) is 3.71. The number of nitrogens with one attached hydrogen (secondary N) is 1. The monoisotopic (exact) mass is 319 g/mol. The van der Waals surface area contributed by atoms with Crippen LogP contribution in [0.1, 0.15) is 36.0 Å². The van der Waals surface area contributed by atoms with Gasteiger partial charge in [-0.1, -0.05) is 25.6 Å². The lowest BCUT2D eigenvalue weighted by Crippen LogP contribution is -2.33. The number of benzene rings is 1. The molecule has 4 rings (SSSR count). The quantitative estimate of drug-likeness (QED) is 0.672. The van der Waals surface area contributed by atoms with E-state index in [1.54, 1.807) is 24.5 Å². The molecule has 1 aromatic carbocycles. The largest absolute Gasteiger partial charge is 0.358 e. The minimum Gasteiger partial charge on any atom is -0.358 e. The molecule has 5 heteroatoms. The molecule has 0 bridgehead atoms. The van der Waals surface area contributed by atoms with Crippen LogP contribution in [0.3, 0.4) is 0 Å². The zero-order valence-corrected chi connectivity index (χ0v) is 13.2. The zero-order chi connectivity index (χ0) is 16.9. The average Bonchev–Trinajstić information content (AvgIpc) is 2.85. The van der Waals surface area contributed by atoms with Crippen molar-refractivity contribution in [2.75, 3.05) is 5.32 Å². The molecule has 24 heavy (non-hydrogen) atoms. The molecular formula is C19H17N3O2. The smallest absolute Gasteiger partial charge is 0.270 e. The number of hydrogen-bond donors (Lipinski definition) is 1. The maximum absolute atomic E-state index is 11.4. The molecule has 1 fully saturated rings. The van der Waals surface area contributed by atoms with E-state index in [-0.39, 0.29) is 16.0 Å². The first-order valence-corrected chi connectivity index (χ1v) is 7.92. The molecule has 2 aromatic rings. The highest BCUT2D eigenvalue weighted by Crippen LogP contribution is 2.57. The first kappa shape index (κ1) is 14.6. The SMILES string of the molecule is C=C(c1cccnc1)c1cc([N+](=O)[O-])cc2c1NC(=C)C21CCC1. The first-order chi connectivity index (χ1) is 11.5. The van der Waals surface area contributed by atoms with Gasteiger partial charge in [-0.05, 0) is 30.0 Å². The van der Waals surface area contributed by atoms with Crippen LogP contribution in [0.5, 0.6) is 0 Å². The number of nitro groups is 1. The minimum atomic E-state index is -0.340. The van der Waals surface area contributed by atoms with Gasteiger partial charge in [0, 0.05) is 46.8 Å². The summed E-state index contributed by atoms with van der Waals surface area (Å²) in [5, 5.41) is 14.8. The Morgan fingerprint density at radius 2 is 2.17 bits per heavy atom. The number of anilines is 1. The van der Waals surface area contributed by atoms with Crippen LogP contribution < -0.4 is 5.32 Å². The van der Waals surface area contributed by atoms with Gasteiger partial charge >= 0.3 is 0 Å². The van der Waals surface area contributed by atoms with Crippen molar-refractivity contribution >= 4 is 16.9 Å². The van der Waals surface area contributed by atoms with Crippen molar-refractivity contribution in [3.05, 3.63) is 82.3 Å². The van der Waals surface area contributed by atoms with E-state index in [0.717, 1.165) is 52.9 Å². The first-order valence-electron chi connectivity index (χ1n) is 7.92. The van der Waals surface area contributed by atoms with E-state index in [9.17, 15) is 10.1 Å². The highest BCUT2D eigenvalue weighted by Gasteiger charge is 2.48. The number of rotatable bonds is 3. The molecule has 0 atom stereocenters. The van der Waals surface area contributed by atoms with Gasteiger partial charge in [0.15, 0.2) is 0 Å². The van der Waals surface area contributed by atoms with Crippen LogP contribution in [-0.2, 0) is 5.41 Å². The molecule has 1 aliphatic carbocycles. The summed E-state index contributed by atoms with van der Waals surface area (Å²) in [6.45, 7) is 8.33. The van der Waals surface area contributed by atoms with Crippen molar-refractivity contribution in [2.24, 2.45) is 0 Å². The lowest BCUT2D eigenvalue weighted by atomic mass is 9.64. The number of nitro benzene ring substituents is 1. The third kappa shape index (κ3) is 1.91. The molecule has 0 radical (unpaired) electrons. The van der Waals surface area contributed by atoms with E-state index in [0.29, 0.717) is 0 Å². The summed E-state index contributed by atoms with van der Waals surface area (Å²) in [6.07, 6.45) is 6.48. The Morgan fingerprint density at radius 3 is 2.75 bits per heavy atom. The standard InChI is InChI=1S/C19H17N3O2/c1-12(14-5-3-8-20-11-14)16-9-15(22(23)24)10-17-18(16)21-13(2)19(17)6-4-7-19/h3,5,8-11,21H,1-2,4,6-7H2. The van der Waals surface area contributed by atoms with Gasteiger partial charge in [-0.25, -0.2) is 0 Å². The highest BCUT2D eigenvalue weighted by atomic mass is 16.6. The Hall–Kier alpha value is -2.95.